The smallest absolute Gasteiger partial charge is 0.416 e. The van der Waals surface area contributed by atoms with E-state index in [1.165, 1.54) is 19.1 Å². The van der Waals surface area contributed by atoms with E-state index in [0.717, 1.165) is 28.6 Å². The number of aryl methyl sites for hydroxylation is 1. The highest BCUT2D eigenvalue weighted by Gasteiger charge is 2.30. The van der Waals surface area contributed by atoms with Crippen LogP contribution in [0.2, 0.25) is 0 Å². The quantitative estimate of drug-likeness (QED) is 0.340. The predicted octanol–water partition coefficient (Wildman–Crippen LogP) is 4.89. The van der Waals surface area contributed by atoms with Crippen molar-refractivity contribution in [3.05, 3.63) is 117 Å². The SMILES string of the molecule is Cc1cc(=O)c(C(=O)OCc2ccc(OCc3ccccn3)cc2)nn1-c1cccc(C(F)(F)F)c1. The van der Waals surface area contributed by atoms with Gasteiger partial charge in [-0.25, -0.2) is 9.48 Å². The Bertz CT molecular complexity index is 1420. The molecule has 0 saturated heterocycles. The monoisotopic (exact) mass is 495 g/mol. The van der Waals surface area contributed by atoms with E-state index in [4.69, 9.17) is 9.47 Å². The Kier molecular flexibility index (Phi) is 7.14. The summed E-state index contributed by atoms with van der Waals surface area (Å²) in [7, 11) is 0. The average Bonchev–Trinajstić information content (AvgIpc) is 2.87. The van der Waals surface area contributed by atoms with Gasteiger partial charge in [0.05, 0.1) is 16.9 Å². The van der Waals surface area contributed by atoms with Crippen LogP contribution < -0.4 is 10.2 Å². The molecule has 0 aliphatic rings. The Labute approximate surface area is 203 Å². The zero-order chi connectivity index (χ0) is 25.7. The summed E-state index contributed by atoms with van der Waals surface area (Å²) in [6.45, 7) is 1.66. The summed E-state index contributed by atoms with van der Waals surface area (Å²) in [5, 5.41) is 3.98. The highest BCUT2D eigenvalue weighted by atomic mass is 19.4. The summed E-state index contributed by atoms with van der Waals surface area (Å²) in [6.07, 6.45) is -2.88. The molecule has 0 radical (unpaired) electrons. The summed E-state index contributed by atoms with van der Waals surface area (Å²) < 4.78 is 51.3. The zero-order valence-electron chi connectivity index (χ0n) is 19.0. The number of pyridine rings is 1. The van der Waals surface area contributed by atoms with Crippen molar-refractivity contribution in [2.45, 2.75) is 26.3 Å². The lowest BCUT2D eigenvalue weighted by molar-refractivity contribution is -0.137. The second-order valence-electron chi connectivity index (χ2n) is 7.79. The van der Waals surface area contributed by atoms with Gasteiger partial charge in [0.15, 0.2) is 0 Å². The molecule has 0 unspecified atom stereocenters. The average molecular weight is 495 g/mol. The summed E-state index contributed by atoms with van der Waals surface area (Å²) in [5.41, 5.74) is -0.380. The molecule has 184 valence electrons. The number of esters is 1. The van der Waals surface area contributed by atoms with Crippen molar-refractivity contribution in [1.82, 2.24) is 14.8 Å². The summed E-state index contributed by atoms with van der Waals surface area (Å²) >= 11 is 0. The summed E-state index contributed by atoms with van der Waals surface area (Å²) in [4.78, 5) is 29.1. The van der Waals surface area contributed by atoms with Crippen LogP contribution in [-0.4, -0.2) is 20.7 Å². The van der Waals surface area contributed by atoms with E-state index in [1.807, 2.05) is 18.2 Å². The lowest BCUT2D eigenvalue weighted by Crippen LogP contribution is -2.24. The van der Waals surface area contributed by atoms with Crippen molar-refractivity contribution >= 4 is 5.97 Å². The van der Waals surface area contributed by atoms with Gasteiger partial charge in [0.25, 0.3) is 0 Å². The predicted molar refractivity (Wildman–Crippen MR) is 124 cm³/mol. The maximum atomic E-state index is 13.1. The molecule has 0 atom stereocenters. The largest absolute Gasteiger partial charge is 0.487 e. The molecule has 2 heterocycles. The van der Waals surface area contributed by atoms with Gasteiger partial charge in [0.1, 0.15) is 19.0 Å². The molecule has 4 rings (SSSR count). The van der Waals surface area contributed by atoms with Gasteiger partial charge in [0, 0.05) is 18.0 Å². The number of nitrogens with zero attached hydrogens (tertiary/aromatic N) is 3. The van der Waals surface area contributed by atoms with Crippen LogP contribution in [0.4, 0.5) is 13.2 Å². The van der Waals surface area contributed by atoms with E-state index in [0.29, 0.717) is 17.9 Å². The van der Waals surface area contributed by atoms with Crippen molar-refractivity contribution in [2.24, 2.45) is 0 Å². The molecule has 0 N–H and O–H groups in total. The molecule has 36 heavy (non-hydrogen) atoms. The second kappa shape index (κ2) is 10.4. The minimum atomic E-state index is -4.55. The Morgan fingerprint density at radius 2 is 1.75 bits per heavy atom. The molecule has 0 fully saturated rings. The third-order valence-electron chi connectivity index (χ3n) is 5.13. The molecule has 0 spiro atoms. The van der Waals surface area contributed by atoms with E-state index in [2.05, 4.69) is 10.1 Å². The number of ether oxygens (including phenoxy) is 2. The van der Waals surface area contributed by atoms with E-state index < -0.39 is 28.8 Å². The lowest BCUT2D eigenvalue weighted by Gasteiger charge is -2.13. The molecule has 0 aliphatic heterocycles. The van der Waals surface area contributed by atoms with E-state index in [1.54, 1.807) is 30.5 Å². The van der Waals surface area contributed by atoms with Gasteiger partial charge in [0.2, 0.25) is 11.1 Å². The van der Waals surface area contributed by atoms with Crippen LogP contribution in [0.5, 0.6) is 5.75 Å². The number of hydrogen-bond acceptors (Lipinski definition) is 6. The van der Waals surface area contributed by atoms with E-state index in [-0.39, 0.29) is 18.0 Å². The highest BCUT2D eigenvalue weighted by Crippen LogP contribution is 2.30. The Hall–Kier alpha value is -4.47. The van der Waals surface area contributed by atoms with Crippen molar-refractivity contribution < 1.29 is 27.4 Å². The van der Waals surface area contributed by atoms with Crippen LogP contribution in [0.15, 0.2) is 83.8 Å². The number of aromatic nitrogens is 3. The van der Waals surface area contributed by atoms with Crippen molar-refractivity contribution in [1.29, 1.82) is 0 Å². The van der Waals surface area contributed by atoms with Gasteiger partial charge in [-0.1, -0.05) is 24.3 Å². The highest BCUT2D eigenvalue weighted by molar-refractivity contribution is 5.86. The number of carbonyl (C=O) groups excluding carboxylic acids is 1. The second-order valence-corrected chi connectivity index (χ2v) is 7.79. The first kappa shape index (κ1) is 24.6. The maximum absolute atomic E-state index is 13.1. The standard InChI is InChI=1S/C26H20F3N3O4/c1-17-13-23(33)24(31-32(17)21-7-4-5-19(14-21)26(27,28)29)25(34)36-15-18-8-10-22(11-9-18)35-16-20-6-2-3-12-30-20/h2-14H,15-16H2,1H3. The number of halogens is 3. The Balaban J connectivity index is 1.44. The third kappa shape index (κ3) is 5.96. The molecule has 10 heteroatoms. The fourth-order valence-corrected chi connectivity index (χ4v) is 3.30. The van der Waals surface area contributed by atoms with Gasteiger partial charge in [-0.2, -0.15) is 18.3 Å². The molecule has 0 saturated carbocycles. The number of benzene rings is 2. The number of hydrogen-bond donors (Lipinski definition) is 0. The molecular formula is C26H20F3N3O4. The van der Waals surface area contributed by atoms with Gasteiger partial charge in [-0.3, -0.25) is 9.78 Å². The molecule has 0 aliphatic carbocycles. The molecule has 4 aromatic rings. The Morgan fingerprint density at radius 3 is 2.44 bits per heavy atom. The van der Waals surface area contributed by atoms with Crippen LogP contribution in [0, 0.1) is 6.92 Å². The first-order chi connectivity index (χ1) is 17.2. The first-order valence-corrected chi connectivity index (χ1v) is 10.8. The van der Waals surface area contributed by atoms with Crippen molar-refractivity contribution in [2.75, 3.05) is 0 Å². The van der Waals surface area contributed by atoms with Crippen LogP contribution in [-0.2, 0) is 24.1 Å². The first-order valence-electron chi connectivity index (χ1n) is 10.8. The molecule has 7 nitrogen and oxygen atoms in total. The third-order valence-corrected chi connectivity index (χ3v) is 5.13. The van der Waals surface area contributed by atoms with Crippen molar-refractivity contribution in [3.8, 4) is 11.4 Å². The normalized spacial score (nSPS) is 11.2. The van der Waals surface area contributed by atoms with Crippen molar-refractivity contribution in [3.63, 3.8) is 0 Å². The lowest BCUT2D eigenvalue weighted by atomic mass is 10.2. The van der Waals surface area contributed by atoms with Crippen LogP contribution in [0.3, 0.4) is 0 Å². The van der Waals surface area contributed by atoms with Gasteiger partial charge >= 0.3 is 12.1 Å². The fourth-order valence-electron chi connectivity index (χ4n) is 3.30. The summed E-state index contributed by atoms with van der Waals surface area (Å²) in [6, 6.07) is 17.9. The van der Waals surface area contributed by atoms with Crippen LogP contribution >= 0.6 is 0 Å². The van der Waals surface area contributed by atoms with Gasteiger partial charge < -0.3 is 9.47 Å². The number of rotatable bonds is 7. The topological polar surface area (TPSA) is 83.3 Å². The van der Waals surface area contributed by atoms with Gasteiger partial charge in [-0.15, -0.1) is 0 Å². The molecular weight excluding hydrogens is 475 g/mol. The summed E-state index contributed by atoms with van der Waals surface area (Å²) in [5.74, 6) is -0.392. The minimum Gasteiger partial charge on any atom is -0.487 e. The number of alkyl halides is 3. The number of carbonyl (C=O) groups is 1. The van der Waals surface area contributed by atoms with Crippen LogP contribution in [0.1, 0.15) is 33.0 Å². The van der Waals surface area contributed by atoms with E-state index >= 15 is 0 Å². The molecule has 0 bridgehead atoms. The maximum Gasteiger partial charge on any atom is 0.416 e. The zero-order valence-corrected chi connectivity index (χ0v) is 19.0. The fraction of sp³-hybridized carbons (Fsp3) is 0.154. The minimum absolute atomic E-state index is 0.0534. The van der Waals surface area contributed by atoms with Gasteiger partial charge in [-0.05, 0) is 55.0 Å². The van der Waals surface area contributed by atoms with Crippen LogP contribution in [0.25, 0.3) is 5.69 Å². The molecule has 0 amide bonds. The molecule has 2 aromatic heterocycles. The Morgan fingerprint density at radius 1 is 0.972 bits per heavy atom. The molecule has 2 aromatic carbocycles. The van der Waals surface area contributed by atoms with E-state index in [9.17, 15) is 22.8 Å².